The fourth-order valence-corrected chi connectivity index (χ4v) is 2.44. The van der Waals surface area contributed by atoms with Crippen molar-refractivity contribution in [3.63, 3.8) is 0 Å². The Morgan fingerprint density at radius 2 is 2.18 bits per heavy atom. The molecule has 0 amide bonds. The Kier molecular flexibility index (Phi) is 3.19. The van der Waals surface area contributed by atoms with Gasteiger partial charge in [0.05, 0.1) is 4.92 Å². The molecule has 0 radical (unpaired) electrons. The van der Waals surface area contributed by atoms with Crippen molar-refractivity contribution in [3.8, 4) is 0 Å². The van der Waals surface area contributed by atoms with E-state index < -0.39 is 0 Å². The van der Waals surface area contributed by atoms with Crippen molar-refractivity contribution in [1.29, 1.82) is 0 Å². The molecule has 5 heteroatoms. The molecular formula is C12H13BrN2O2. The monoisotopic (exact) mass is 296 g/mol. The number of halogens is 1. The first-order valence-corrected chi connectivity index (χ1v) is 6.21. The maximum atomic E-state index is 11.1. The zero-order valence-corrected chi connectivity index (χ0v) is 11.3. The van der Waals surface area contributed by atoms with Gasteiger partial charge >= 0.3 is 0 Å². The first kappa shape index (κ1) is 12.1. The standard InChI is InChI=1S/C12H13BrN2O2/c1-8(2)7-14-4-3-9-5-10(13)6-11(12(9)14)15(16)17/h3-6,8H,7H2,1-2H3. The van der Waals surface area contributed by atoms with Gasteiger partial charge in [-0.1, -0.05) is 29.8 Å². The van der Waals surface area contributed by atoms with Crippen LogP contribution in [0.5, 0.6) is 0 Å². The quantitative estimate of drug-likeness (QED) is 0.635. The van der Waals surface area contributed by atoms with E-state index in [0.717, 1.165) is 16.4 Å². The van der Waals surface area contributed by atoms with Crippen LogP contribution in [0.15, 0.2) is 28.9 Å². The molecule has 0 aliphatic rings. The van der Waals surface area contributed by atoms with Crippen LogP contribution in [-0.2, 0) is 6.54 Å². The summed E-state index contributed by atoms with van der Waals surface area (Å²) in [5.41, 5.74) is 0.854. The van der Waals surface area contributed by atoms with E-state index in [-0.39, 0.29) is 10.6 Å². The number of hydrogen-bond donors (Lipinski definition) is 0. The van der Waals surface area contributed by atoms with Gasteiger partial charge in [-0.05, 0) is 18.1 Å². The number of nitrogens with zero attached hydrogens (tertiary/aromatic N) is 2. The van der Waals surface area contributed by atoms with Crippen molar-refractivity contribution in [1.82, 2.24) is 4.57 Å². The lowest BCUT2D eigenvalue weighted by Crippen LogP contribution is -2.04. The molecule has 1 aromatic heterocycles. The molecule has 0 saturated heterocycles. The van der Waals surface area contributed by atoms with Crippen LogP contribution in [0.3, 0.4) is 0 Å². The first-order valence-electron chi connectivity index (χ1n) is 5.42. The van der Waals surface area contributed by atoms with Gasteiger partial charge in [-0.25, -0.2) is 0 Å². The van der Waals surface area contributed by atoms with Crippen molar-refractivity contribution in [2.45, 2.75) is 20.4 Å². The summed E-state index contributed by atoms with van der Waals surface area (Å²) in [5, 5.41) is 12.0. The minimum Gasteiger partial charge on any atom is -0.342 e. The van der Waals surface area contributed by atoms with Crippen molar-refractivity contribution < 1.29 is 4.92 Å². The number of fused-ring (bicyclic) bond motifs is 1. The molecule has 17 heavy (non-hydrogen) atoms. The molecule has 0 N–H and O–H groups in total. The Hall–Kier alpha value is -1.36. The van der Waals surface area contributed by atoms with Crippen LogP contribution in [0.1, 0.15) is 13.8 Å². The summed E-state index contributed by atoms with van der Waals surface area (Å²) in [4.78, 5) is 10.7. The SMILES string of the molecule is CC(C)Cn1ccc2cc(Br)cc([N+](=O)[O-])c21. The minimum atomic E-state index is -0.329. The molecule has 0 bridgehead atoms. The Balaban J connectivity index is 2.68. The first-order chi connectivity index (χ1) is 7.99. The van der Waals surface area contributed by atoms with Crippen LogP contribution < -0.4 is 0 Å². The highest BCUT2D eigenvalue weighted by Crippen LogP contribution is 2.31. The highest BCUT2D eigenvalue weighted by molar-refractivity contribution is 9.10. The number of nitro benzene ring substituents is 1. The third-order valence-electron chi connectivity index (χ3n) is 2.56. The normalized spacial score (nSPS) is 11.3. The van der Waals surface area contributed by atoms with Gasteiger partial charge in [-0.2, -0.15) is 0 Å². The van der Waals surface area contributed by atoms with Crippen LogP contribution in [-0.4, -0.2) is 9.49 Å². The van der Waals surface area contributed by atoms with E-state index in [0.29, 0.717) is 11.4 Å². The smallest absolute Gasteiger partial charge is 0.294 e. The van der Waals surface area contributed by atoms with Crippen molar-refractivity contribution in [2.75, 3.05) is 0 Å². The summed E-state index contributed by atoms with van der Waals surface area (Å²) < 4.78 is 2.68. The third-order valence-corrected chi connectivity index (χ3v) is 3.02. The largest absolute Gasteiger partial charge is 0.342 e. The zero-order valence-electron chi connectivity index (χ0n) is 9.68. The topological polar surface area (TPSA) is 48.1 Å². The van der Waals surface area contributed by atoms with Crippen molar-refractivity contribution in [3.05, 3.63) is 39.0 Å². The maximum absolute atomic E-state index is 11.1. The summed E-state index contributed by atoms with van der Waals surface area (Å²) in [6, 6.07) is 5.37. The van der Waals surface area contributed by atoms with E-state index in [9.17, 15) is 10.1 Å². The van der Waals surface area contributed by atoms with E-state index in [1.54, 1.807) is 6.07 Å². The number of hydrogen-bond acceptors (Lipinski definition) is 2. The molecule has 0 saturated carbocycles. The van der Waals surface area contributed by atoms with Gasteiger partial charge in [0.2, 0.25) is 0 Å². The Morgan fingerprint density at radius 3 is 2.76 bits per heavy atom. The molecule has 0 spiro atoms. The van der Waals surface area contributed by atoms with E-state index in [1.807, 2.05) is 22.9 Å². The van der Waals surface area contributed by atoms with Crippen molar-refractivity contribution >= 4 is 32.5 Å². The molecule has 0 aliphatic heterocycles. The third kappa shape index (κ3) is 2.34. The number of nitro groups is 1. The maximum Gasteiger partial charge on any atom is 0.294 e. The fourth-order valence-electron chi connectivity index (χ4n) is 1.97. The summed E-state index contributed by atoms with van der Waals surface area (Å²) in [6.07, 6.45) is 1.91. The van der Waals surface area contributed by atoms with Crippen LogP contribution in [0, 0.1) is 16.0 Å². The van der Waals surface area contributed by atoms with E-state index in [1.165, 1.54) is 0 Å². The van der Waals surface area contributed by atoms with Gasteiger partial charge in [0.25, 0.3) is 5.69 Å². The molecule has 2 aromatic rings. The lowest BCUT2D eigenvalue weighted by atomic mass is 10.2. The lowest BCUT2D eigenvalue weighted by Gasteiger charge is -2.08. The highest BCUT2D eigenvalue weighted by atomic mass is 79.9. The average molecular weight is 297 g/mol. The summed E-state index contributed by atoms with van der Waals surface area (Å²) >= 11 is 3.30. The van der Waals surface area contributed by atoms with Crippen LogP contribution in [0.25, 0.3) is 10.9 Å². The molecule has 2 rings (SSSR count). The van der Waals surface area contributed by atoms with E-state index in [4.69, 9.17) is 0 Å². The number of rotatable bonds is 3. The molecule has 1 heterocycles. The van der Waals surface area contributed by atoms with Crippen LogP contribution >= 0.6 is 15.9 Å². The van der Waals surface area contributed by atoms with Crippen molar-refractivity contribution in [2.24, 2.45) is 5.92 Å². The van der Waals surface area contributed by atoms with E-state index >= 15 is 0 Å². The van der Waals surface area contributed by atoms with E-state index in [2.05, 4.69) is 29.8 Å². The highest BCUT2D eigenvalue weighted by Gasteiger charge is 2.17. The summed E-state index contributed by atoms with van der Waals surface area (Å²) in [6.45, 7) is 4.97. The minimum absolute atomic E-state index is 0.153. The zero-order chi connectivity index (χ0) is 12.6. The molecule has 0 aliphatic carbocycles. The Labute approximate surface area is 108 Å². The molecule has 0 fully saturated rings. The van der Waals surface area contributed by atoms with Crippen LogP contribution in [0.4, 0.5) is 5.69 Å². The van der Waals surface area contributed by atoms with Gasteiger partial charge in [-0.3, -0.25) is 10.1 Å². The van der Waals surface area contributed by atoms with Gasteiger partial charge in [-0.15, -0.1) is 0 Å². The second kappa shape index (κ2) is 4.49. The number of benzene rings is 1. The second-order valence-corrected chi connectivity index (χ2v) is 5.40. The predicted molar refractivity (Wildman–Crippen MR) is 71.1 cm³/mol. The van der Waals surface area contributed by atoms with Gasteiger partial charge in [0, 0.05) is 28.7 Å². The van der Waals surface area contributed by atoms with Crippen LogP contribution in [0.2, 0.25) is 0 Å². The van der Waals surface area contributed by atoms with Gasteiger partial charge < -0.3 is 4.57 Å². The molecule has 4 nitrogen and oxygen atoms in total. The predicted octanol–water partition coefficient (Wildman–Crippen LogP) is 3.97. The lowest BCUT2D eigenvalue weighted by molar-refractivity contribution is -0.383. The molecular weight excluding hydrogens is 284 g/mol. The second-order valence-electron chi connectivity index (χ2n) is 4.48. The molecule has 1 aromatic carbocycles. The van der Waals surface area contributed by atoms with Gasteiger partial charge in [0.15, 0.2) is 0 Å². The summed E-state index contributed by atoms with van der Waals surface area (Å²) in [7, 11) is 0. The molecule has 0 atom stereocenters. The number of non-ortho nitro benzene ring substituents is 1. The summed E-state index contributed by atoms with van der Waals surface area (Å²) in [5.74, 6) is 0.453. The molecule has 0 unspecified atom stereocenters. The Bertz CT molecular complexity index is 575. The fraction of sp³-hybridized carbons (Fsp3) is 0.333. The average Bonchev–Trinajstić information content (AvgIpc) is 2.59. The molecule has 90 valence electrons. The Morgan fingerprint density at radius 1 is 1.47 bits per heavy atom. The van der Waals surface area contributed by atoms with Gasteiger partial charge in [0.1, 0.15) is 5.52 Å². The number of aromatic nitrogens is 1.